The van der Waals surface area contributed by atoms with Gasteiger partial charge in [0.15, 0.2) is 0 Å². The molecule has 0 aliphatic carbocycles. The van der Waals surface area contributed by atoms with Gasteiger partial charge in [0.1, 0.15) is 0 Å². The Hall–Kier alpha value is -1.08. The molecule has 0 aromatic heterocycles. The van der Waals surface area contributed by atoms with E-state index < -0.39 is 12.7 Å². The molecule has 0 N–H and O–H groups in total. The van der Waals surface area contributed by atoms with E-state index in [1.165, 1.54) is 12.0 Å². The molecule has 0 aromatic rings. The maximum atomic E-state index is 12.2. The highest BCUT2D eigenvalue weighted by molar-refractivity contribution is 5.87. The summed E-state index contributed by atoms with van der Waals surface area (Å²) in [4.78, 5) is 14.6. The van der Waals surface area contributed by atoms with E-state index in [1.54, 1.807) is 13.0 Å². The lowest BCUT2D eigenvalue weighted by atomic mass is 10.2. The lowest BCUT2D eigenvalue weighted by molar-refractivity contribution is -0.149. The summed E-state index contributed by atoms with van der Waals surface area (Å²) >= 11 is 0. The van der Waals surface area contributed by atoms with Crippen molar-refractivity contribution in [1.29, 1.82) is 0 Å². The van der Waals surface area contributed by atoms with Gasteiger partial charge in [-0.25, -0.2) is 4.79 Å². The molecule has 0 spiro atoms. The van der Waals surface area contributed by atoms with E-state index in [0.29, 0.717) is 38.3 Å². The minimum Gasteiger partial charge on any atom is -0.466 e. The molecule has 1 saturated heterocycles. The van der Waals surface area contributed by atoms with Gasteiger partial charge in [0.25, 0.3) is 0 Å². The van der Waals surface area contributed by atoms with E-state index in [4.69, 9.17) is 0 Å². The summed E-state index contributed by atoms with van der Waals surface area (Å²) in [7, 11) is 1.32. The smallest absolute Gasteiger partial charge is 0.401 e. The van der Waals surface area contributed by atoms with Crippen LogP contribution in [0.4, 0.5) is 13.2 Å². The number of rotatable bonds is 4. The third kappa shape index (κ3) is 6.07. The van der Waals surface area contributed by atoms with Gasteiger partial charge in [0.2, 0.25) is 0 Å². The Morgan fingerprint density at radius 1 is 1.21 bits per heavy atom. The second kappa shape index (κ2) is 6.91. The number of hydrogen-bond donors (Lipinski definition) is 0. The molecule has 7 heteroatoms. The summed E-state index contributed by atoms with van der Waals surface area (Å²) in [5, 5.41) is 0. The van der Waals surface area contributed by atoms with Crippen LogP contribution in [-0.2, 0) is 9.53 Å². The number of methoxy groups -OCH3 is 1. The highest BCUT2D eigenvalue weighted by Gasteiger charge is 2.31. The van der Waals surface area contributed by atoms with Crippen molar-refractivity contribution < 1.29 is 22.7 Å². The van der Waals surface area contributed by atoms with Gasteiger partial charge in [-0.15, -0.1) is 0 Å². The molecule has 4 nitrogen and oxygen atoms in total. The van der Waals surface area contributed by atoms with Crippen LogP contribution in [0.3, 0.4) is 0 Å². The van der Waals surface area contributed by atoms with E-state index in [2.05, 4.69) is 4.74 Å². The monoisotopic (exact) mass is 280 g/mol. The van der Waals surface area contributed by atoms with Crippen LogP contribution in [0.25, 0.3) is 0 Å². The van der Waals surface area contributed by atoms with Gasteiger partial charge in [-0.3, -0.25) is 9.80 Å². The van der Waals surface area contributed by atoms with Crippen LogP contribution in [0.1, 0.15) is 6.92 Å². The predicted octanol–water partition coefficient (Wildman–Crippen LogP) is 1.29. The Morgan fingerprint density at radius 3 is 2.21 bits per heavy atom. The Kier molecular flexibility index (Phi) is 5.81. The lowest BCUT2D eigenvalue weighted by Crippen LogP contribution is -2.49. The molecule has 0 atom stereocenters. The average molecular weight is 280 g/mol. The zero-order valence-electron chi connectivity index (χ0n) is 11.2. The molecule has 0 bridgehead atoms. The van der Waals surface area contributed by atoms with Gasteiger partial charge in [0, 0.05) is 38.3 Å². The number of piperazine rings is 1. The van der Waals surface area contributed by atoms with Gasteiger partial charge < -0.3 is 4.74 Å². The number of alkyl halides is 3. The highest BCUT2D eigenvalue weighted by Crippen LogP contribution is 2.17. The van der Waals surface area contributed by atoms with Gasteiger partial charge in [-0.2, -0.15) is 13.2 Å². The molecule has 1 heterocycles. The van der Waals surface area contributed by atoms with Crippen LogP contribution in [0.5, 0.6) is 0 Å². The molecule has 110 valence electrons. The quantitative estimate of drug-likeness (QED) is 0.574. The Morgan fingerprint density at radius 2 is 1.74 bits per heavy atom. The number of ether oxygens (including phenoxy) is 1. The molecule has 1 rings (SSSR count). The Bertz CT molecular complexity index is 334. The molecular weight excluding hydrogens is 261 g/mol. The van der Waals surface area contributed by atoms with Crippen LogP contribution in [0.2, 0.25) is 0 Å². The number of nitrogens with zero attached hydrogens (tertiary/aromatic N) is 2. The Labute approximate surface area is 110 Å². The third-order valence-corrected chi connectivity index (χ3v) is 3.03. The number of carbonyl (C=O) groups excluding carboxylic acids is 1. The summed E-state index contributed by atoms with van der Waals surface area (Å²) < 4.78 is 41.2. The van der Waals surface area contributed by atoms with Crippen molar-refractivity contribution in [3.05, 3.63) is 11.6 Å². The van der Waals surface area contributed by atoms with Crippen molar-refractivity contribution in [2.75, 3.05) is 46.4 Å². The van der Waals surface area contributed by atoms with Crippen molar-refractivity contribution in [3.63, 3.8) is 0 Å². The molecule has 1 fully saturated rings. The first-order chi connectivity index (χ1) is 8.81. The van der Waals surface area contributed by atoms with E-state index >= 15 is 0 Å². The number of esters is 1. The van der Waals surface area contributed by atoms with Gasteiger partial charge >= 0.3 is 12.1 Å². The second-order valence-electron chi connectivity index (χ2n) is 4.57. The molecule has 0 radical (unpaired) electrons. The number of halogens is 3. The zero-order valence-corrected chi connectivity index (χ0v) is 11.2. The van der Waals surface area contributed by atoms with Crippen molar-refractivity contribution in [3.8, 4) is 0 Å². The van der Waals surface area contributed by atoms with Crippen LogP contribution >= 0.6 is 0 Å². The van der Waals surface area contributed by atoms with E-state index in [9.17, 15) is 18.0 Å². The van der Waals surface area contributed by atoms with Gasteiger partial charge in [-0.05, 0) is 6.92 Å². The first kappa shape index (κ1) is 16.0. The molecule has 1 aliphatic heterocycles. The molecule has 0 unspecified atom stereocenters. The van der Waals surface area contributed by atoms with Gasteiger partial charge in [-0.1, -0.05) is 6.08 Å². The van der Waals surface area contributed by atoms with Crippen molar-refractivity contribution in [2.45, 2.75) is 13.1 Å². The fraction of sp³-hybridized carbons (Fsp3) is 0.750. The largest absolute Gasteiger partial charge is 0.466 e. The molecule has 19 heavy (non-hydrogen) atoms. The molecule has 0 saturated carbocycles. The zero-order chi connectivity index (χ0) is 14.5. The normalized spacial score (nSPS) is 19.5. The Balaban J connectivity index is 2.33. The van der Waals surface area contributed by atoms with Crippen LogP contribution < -0.4 is 0 Å². The average Bonchev–Trinajstić information content (AvgIpc) is 2.34. The number of hydrogen-bond acceptors (Lipinski definition) is 4. The van der Waals surface area contributed by atoms with E-state index in [0.717, 1.165) is 0 Å². The van der Waals surface area contributed by atoms with Crippen molar-refractivity contribution in [2.24, 2.45) is 0 Å². The van der Waals surface area contributed by atoms with Crippen molar-refractivity contribution in [1.82, 2.24) is 9.80 Å². The number of carbonyl (C=O) groups is 1. The van der Waals surface area contributed by atoms with E-state index in [1.807, 2.05) is 4.90 Å². The summed E-state index contributed by atoms with van der Waals surface area (Å²) in [6.45, 7) is 3.29. The van der Waals surface area contributed by atoms with Crippen LogP contribution in [0, 0.1) is 0 Å². The minimum absolute atomic E-state index is 0.379. The molecule has 0 aromatic carbocycles. The van der Waals surface area contributed by atoms with Crippen LogP contribution in [-0.4, -0.2) is 68.3 Å². The summed E-state index contributed by atoms with van der Waals surface area (Å²) in [5.41, 5.74) is 0.514. The highest BCUT2D eigenvalue weighted by atomic mass is 19.4. The van der Waals surface area contributed by atoms with Crippen molar-refractivity contribution >= 4 is 5.97 Å². The summed E-state index contributed by atoms with van der Waals surface area (Å²) in [5.74, 6) is -0.379. The maximum Gasteiger partial charge on any atom is 0.401 e. The van der Waals surface area contributed by atoms with E-state index in [-0.39, 0.29) is 5.97 Å². The first-order valence-corrected chi connectivity index (χ1v) is 6.08. The fourth-order valence-corrected chi connectivity index (χ4v) is 1.89. The first-order valence-electron chi connectivity index (χ1n) is 6.08. The standard InChI is InChI=1S/C12H19F3N2O2/c1-10(11(18)19-2)3-4-16-5-7-17(8-6-16)9-12(13,14)15/h3H,4-9H2,1-2H3. The topological polar surface area (TPSA) is 32.8 Å². The summed E-state index contributed by atoms with van der Waals surface area (Å²) in [6, 6.07) is 0. The lowest BCUT2D eigenvalue weighted by Gasteiger charge is -2.34. The maximum absolute atomic E-state index is 12.2. The second-order valence-corrected chi connectivity index (χ2v) is 4.57. The predicted molar refractivity (Wildman–Crippen MR) is 64.7 cm³/mol. The van der Waals surface area contributed by atoms with Crippen LogP contribution in [0.15, 0.2) is 11.6 Å². The minimum atomic E-state index is -4.14. The SMILES string of the molecule is COC(=O)C(C)=CCN1CCN(CC(F)(F)F)CC1. The molecular formula is C12H19F3N2O2. The third-order valence-electron chi connectivity index (χ3n) is 3.03. The fourth-order valence-electron chi connectivity index (χ4n) is 1.89. The molecule has 0 amide bonds. The van der Waals surface area contributed by atoms with Gasteiger partial charge in [0.05, 0.1) is 13.7 Å². The summed E-state index contributed by atoms with van der Waals surface area (Å²) in [6.07, 6.45) is -2.39. The molecule has 1 aliphatic rings.